The number of sulfonamides is 1. The highest BCUT2D eigenvalue weighted by molar-refractivity contribution is 7.89. The number of hydrogen-bond donors (Lipinski definition) is 1. The summed E-state index contributed by atoms with van der Waals surface area (Å²) in [5.41, 5.74) is 1.15. The Morgan fingerprint density at radius 2 is 2.08 bits per heavy atom. The Hall–Kier alpha value is -1.44. The van der Waals surface area contributed by atoms with E-state index in [1.54, 1.807) is 7.11 Å². The molecular weight excluding hydrogens is 340 g/mol. The predicted octanol–water partition coefficient (Wildman–Crippen LogP) is 1.42. The van der Waals surface area contributed by atoms with Gasteiger partial charge in [-0.2, -0.15) is 0 Å². The quantitative estimate of drug-likeness (QED) is 0.669. The van der Waals surface area contributed by atoms with Crippen molar-refractivity contribution in [1.82, 2.24) is 9.62 Å². The number of hydrogen-bond acceptors (Lipinski definition) is 4. The number of carbonyl (C=O) groups excluding carboxylic acids is 1. The number of aryl methyl sites for hydroxylation is 1. The molecule has 1 saturated heterocycles. The van der Waals surface area contributed by atoms with Gasteiger partial charge < -0.3 is 10.1 Å². The van der Waals surface area contributed by atoms with Crippen molar-refractivity contribution in [1.29, 1.82) is 0 Å². The van der Waals surface area contributed by atoms with Gasteiger partial charge in [-0.3, -0.25) is 4.79 Å². The first-order valence-electron chi connectivity index (χ1n) is 8.81. The maximum atomic E-state index is 12.6. The molecule has 0 bridgehead atoms. The summed E-state index contributed by atoms with van der Waals surface area (Å²) in [6, 6.07) is 9.89. The Kier molecular flexibility index (Phi) is 7.87. The van der Waals surface area contributed by atoms with Crippen LogP contribution >= 0.6 is 0 Å². The molecule has 7 heteroatoms. The Labute approximate surface area is 150 Å². The van der Waals surface area contributed by atoms with Crippen molar-refractivity contribution in [3.63, 3.8) is 0 Å². The second-order valence-corrected chi connectivity index (χ2v) is 8.47. The highest BCUT2D eigenvalue weighted by Gasteiger charge is 2.31. The number of amides is 1. The zero-order chi connectivity index (χ0) is 18.1. The first-order chi connectivity index (χ1) is 12.0. The van der Waals surface area contributed by atoms with Crippen molar-refractivity contribution in [3.8, 4) is 0 Å². The summed E-state index contributed by atoms with van der Waals surface area (Å²) in [6.07, 6.45) is 2.79. The first kappa shape index (κ1) is 19.9. The van der Waals surface area contributed by atoms with E-state index in [4.69, 9.17) is 4.74 Å². The van der Waals surface area contributed by atoms with Crippen LogP contribution in [0.2, 0.25) is 0 Å². The Morgan fingerprint density at radius 1 is 1.32 bits per heavy atom. The molecular formula is C18H28N2O4S. The summed E-state index contributed by atoms with van der Waals surface area (Å²) in [6.45, 7) is 1.71. The third kappa shape index (κ3) is 6.41. The molecule has 1 aromatic rings. The van der Waals surface area contributed by atoms with E-state index in [0.29, 0.717) is 26.1 Å². The molecule has 1 aliphatic rings. The maximum Gasteiger partial charge on any atom is 0.224 e. The molecule has 2 rings (SSSR count). The molecule has 1 aromatic carbocycles. The number of benzene rings is 1. The normalized spacial score (nSPS) is 18.8. The molecule has 1 heterocycles. The van der Waals surface area contributed by atoms with Gasteiger partial charge in [0.15, 0.2) is 0 Å². The van der Waals surface area contributed by atoms with Crippen LogP contribution in [0.15, 0.2) is 30.3 Å². The van der Waals surface area contributed by atoms with Crippen molar-refractivity contribution < 1.29 is 17.9 Å². The Balaban J connectivity index is 1.82. The summed E-state index contributed by atoms with van der Waals surface area (Å²) in [5, 5.41) is 2.80. The molecule has 1 N–H and O–H groups in total. The Morgan fingerprint density at radius 3 is 2.80 bits per heavy atom. The van der Waals surface area contributed by atoms with Gasteiger partial charge in [-0.25, -0.2) is 12.7 Å². The van der Waals surface area contributed by atoms with Gasteiger partial charge in [0.25, 0.3) is 0 Å². The summed E-state index contributed by atoms with van der Waals surface area (Å²) in [5.74, 6) is -0.226. The second-order valence-electron chi connectivity index (χ2n) is 6.39. The van der Waals surface area contributed by atoms with Gasteiger partial charge in [-0.1, -0.05) is 30.3 Å². The lowest BCUT2D eigenvalue weighted by atomic mass is 9.99. The van der Waals surface area contributed by atoms with E-state index in [0.717, 1.165) is 24.8 Å². The summed E-state index contributed by atoms with van der Waals surface area (Å²) in [7, 11) is -1.74. The maximum absolute atomic E-state index is 12.6. The molecule has 0 aromatic heterocycles. The molecule has 6 nitrogen and oxygen atoms in total. The first-order valence-corrected chi connectivity index (χ1v) is 10.4. The molecule has 1 aliphatic heterocycles. The van der Waals surface area contributed by atoms with Gasteiger partial charge in [-0.15, -0.1) is 0 Å². The van der Waals surface area contributed by atoms with Crippen LogP contribution in [-0.4, -0.2) is 57.7 Å². The molecule has 1 amide bonds. The summed E-state index contributed by atoms with van der Waals surface area (Å²) >= 11 is 0. The van der Waals surface area contributed by atoms with E-state index in [-0.39, 0.29) is 24.1 Å². The van der Waals surface area contributed by atoms with E-state index in [1.165, 1.54) is 4.31 Å². The predicted molar refractivity (Wildman–Crippen MR) is 97.7 cm³/mol. The number of methoxy groups -OCH3 is 1. The van der Waals surface area contributed by atoms with Gasteiger partial charge in [0.05, 0.1) is 18.3 Å². The third-order valence-electron chi connectivity index (χ3n) is 4.46. The highest BCUT2D eigenvalue weighted by Crippen LogP contribution is 2.20. The van der Waals surface area contributed by atoms with Crippen molar-refractivity contribution in [2.24, 2.45) is 5.92 Å². The van der Waals surface area contributed by atoms with Crippen LogP contribution in [0.3, 0.4) is 0 Å². The highest BCUT2D eigenvalue weighted by atomic mass is 32.2. The Bertz CT molecular complexity index is 634. The molecule has 0 spiro atoms. The lowest BCUT2D eigenvalue weighted by molar-refractivity contribution is -0.126. The minimum atomic E-state index is -3.32. The van der Waals surface area contributed by atoms with Gasteiger partial charge in [-0.05, 0) is 31.2 Å². The van der Waals surface area contributed by atoms with Crippen LogP contribution in [0, 0.1) is 5.92 Å². The van der Waals surface area contributed by atoms with Crippen molar-refractivity contribution in [2.45, 2.75) is 25.7 Å². The molecule has 0 radical (unpaired) electrons. The lowest BCUT2D eigenvalue weighted by Gasteiger charge is -2.31. The van der Waals surface area contributed by atoms with Gasteiger partial charge in [0, 0.05) is 26.7 Å². The number of nitrogens with one attached hydrogen (secondary N) is 1. The van der Waals surface area contributed by atoms with Gasteiger partial charge in [0.1, 0.15) is 0 Å². The topological polar surface area (TPSA) is 75.7 Å². The van der Waals surface area contributed by atoms with Crippen molar-refractivity contribution in [3.05, 3.63) is 35.9 Å². The molecule has 140 valence electrons. The van der Waals surface area contributed by atoms with Gasteiger partial charge in [0.2, 0.25) is 15.9 Å². The average Bonchev–Trinajstić information content (AvgIpc) is 2.63. The summed E-state index contributed by atoms with van der Waals surface area (Å²) < 4.78 is 31.6. The molecule has 1 unspecified atom stereocenters. The van der Waals surface area contributed by atoms with E-state index >= 15 is 0 Å². The average molecular weight is 368 g/mol. The number of ether oxygens (including phenoxy) is 1. The molecule has 1 atom stereocenters. The SMILES string of the molecule is COCCNC(=O)C1CCCN(S(=O)(=O)CCCc2ccccc2)C1. The van der Waals surface area contributed by atoms with Crippen LogP contribution in [0.1, 0.15) is 24.8 Å². The largest absolute Gasteiger partial charge is 0.383 e. The molecule has 0 aliphatic carbocycles. The van der Waals surface area contributed by atoms with E-state index in [9.17, 15) is 13.2 Å². The fourth-order valence-corrected chi connectivity index (χ4v) is 4.64. The van der Waals surface area contributed by atoms with Crippen LogP contribution < -0.4 is 5.32 Å². The van der Waals surface area contributed by atoms with Crippen LogP contribution in [-0.2, 0) is 26.0 Å². The van der Waals surface area contributed by atoms with Crippen LogP contribution in [0.5, 0.6) is 0 Å². The molecule has 0 saturated carbocycles. The molecule has 25 heavy (non-hydrogen) atoms. The number of carbonyl (C=O) groups is 1. The third-order valence-corrected chi connectivity index (χ3v) is 6.39. The fourth-order valence-electron chi connectivity index (χ4n) is 3.06. The van der Waals surface area contributed by atoms with Crippen LogP contribution in [0.4, 0.5) is 0 Å². The smallest absolute Gasteiger partial charge is 0.224 e. The summed E-state index contributed by atoms with van der Waals surface area (Å²) in [4.78, 5) is 12.2. The van der Waals surface area contributed by atoms with E-state index < -0.39 is 10.0 Å². The number of piperidine rings is 1. The molecule has 1 fully saturated rings. The number of rotatable bonds is 9. The fraction of sp³-hybridized carbons (Fsp3) is 0.611. The standard InChI is InChI=1S/C18H28N2O4S/c1-24-13-11-19-18(21)17-10-5-12-20(15-17)25(22,23)14-6-9-16-7-3-2-4-8-16/h2-4,7-8,17H,5-6,9-15H2,1H3,(H,19,21). The number of nitrogens with zero attached hydrogens (tertiary/aromatic N) is 1. The van der Waals surface area contributed by atoms with Crippen LogP contribution in [0.25, 0.3) is 0 Å². The minimum absolute atomic E-state index is 0.0822. The van der Waals surface area contributed by atoms with Crippen molar-refractivity contribution >= 4 is 15.9 Å². The van der Waals surface area contributed by atoms with E-state index in [1.807, 2.05) is 30.3 Å². The lowest BCUT2D eigenvalue weighted by Crippen LogP contribution is -2.46. The second kappa shape index (κ2) is 9.89. The zero-order valence-corrected chi connectivity index (χ0v) is 15.6. The van der Waals surface area contributed by atoms with Gasteiger partial charge >= 0.3 is 0 Å². The van der Waals surface area contributed by atoms with E-state index in [2.05, 4.69) is 5.32 Å². The zero-order valence-electron chi connectivity index (χ0n) is 14.8. The minimum Gasteiger partial charge on any atom is -0.383 e. The monoisotopic (exact) mass is 368 g/mol. The van der Waals surface area contributed by atoms with Crippen molar-refractivity contribution in [2.75, 3.05) is 39.1 Å².